The Hall–Kier alpha value is -2.28. The van der Waals surface area contributed by atoms with Crippen LogP contribution in [0, 0.1) is 0 Å². The van der Waals surface area contributed by atoms with Gasteiger partial charge in [0.25, 0.3) is 5.89 Å². The minimum absolute atomic E-state index is 0.256. The Bertz CT molecular complexity index is 734. The molecule has 0 aliphatic carbocycles. The van der Waals surface area contributed by atoms with Crippen LogP contribution in [0.2, 0.25) is 0 Å². The zero-order valence-electron chi connectivity index (χ0n) is 11.1. The second kappa shape index (κ2) is 5.01. The molecule has 0 aliphatic heterocycles. The summed E-state index contributed by atoms with van der Waals surface area (Å²) in [6.07, 6.45) is 0. The number of anilines is 1. The zero-order valence-corrected chi connectivity index (χ0v) is 11.9. The van der Waals surface area contributed by atoms with Crippen LogP contribution in [0.3, 0.4) is 0 Å². The van der Waals surface area contributed by atoms with Crippen LogP contribution >= 0.6 is 11.5 Å². The smallest absolute Gasteiger partial charge is 0.271 e. The topological polar surface area (TPSA) is 90.7 Å². The molecule has 3 rings (SSSR count). The van der Waals surface area contributed by atoms with E-state index in [0.29, 0.717) is 17.4 Å². The van der Waals surface area contributed by atoms with Crippen molar-refractivity contribution in [2.75, 3.05) is 5.73 Å². The summed E-state index contributed by atoms with van der Waals surface area (Å²) >= 11 is 1.26. The SMILES string of the molecule is CC(C)c1nnsc1-c1nc(-c2cccc(N)c2)no1. The number of hydrogen-bond donors (Lipinski definition) is 1. The molecular weight excluding hydrogens is 274 g/mol. The molecule has 3 aromatic rings. The molecule has 102 valence electrons. The molecule has 6 nitrogen and oxygen atoms in total. The molecular formula is C13H13N5OS. The van der Waals surface area contributed by atoms with Gasteiger partial charge in [-0.1, -0.05) is 35.6 Å². The summed E-state index contributed by atoms with van der Waals surface area (Å²) in [5.41, 5.74) is 8.12. The molecule has 0 spiro atoms. The van der Waals surface area contributed by atoms with Gasteiger partial charge in [0.15, 0.2) is 0 Å². The Morgan fingerprint density at radius 1 is 1.30 bits per heavy atom. The maximum Gasteiger partial charge on any atom is 0.271 e. The summed E-state index contributed by atoms with van der Waals surface area (Å²) in [7, 11) is 0. The van der Waals surface area contributed by atoms with Crippen molar-refractivity contribution in [1.82, 2.24) is 19.7 Å². The van der Waals surface area contributed by atoms with Crippen molar-refractivity contribution in [2.24, 2.45) is 0 Å². The van der Waals surface area contributed by atoms with E-state index in [1.807, 2.05) is 24.3 Å². The lowest BCUT2D eigenvalue weighted by molar-refractivity contribution is 0.432. The molecule has 0 amide bonds. The second-order valence-electron chi connectivity index (χ2n) is 4.69. The van der Waals surface area contributed by atoms with Crippen molar-refractivity contribution in [3.05, 3.63) is 30.0 Å². The highest BCUT2D eigenvalue weighted by molar-refractivity contribution is 7.09. The van der Waals surface area contributed by atoms with E-state index in [2.05, 4.69) is 33.6 Å². The molecule has 0 saturated heterocycles. The molecule has 1 aromatic carbocycles. The van der Waals surface area contributed by atoms with Crippen molar-refractivity contribution in [3.8, 4) is 22.2 Å². The number of benzene rings is 1. The van der Waals surface area contributed by atoms with Crippen LogP contribution in [0.15, 0.2) is 28.8 Å². The van der Waals surface area contributed by atoms with Crippen LogP contribution in [-0.2, 0) is 0 Å². The van der Waals surface area contributed by atoms with Gasteiger partial charge in [-0.05, 0) is 29.6 Å². The summed E-state index contributed by atoms with van der Waals surface area (Å²) in [4.78, 5) is 5.23. The fourth-order valence-corrected chi connectivity index (χ4v) is 2.58. The molecule has 0 saturated carbocycles. The fraction of sp³-hybridized carbons (Fsp3) is 0.231. The predicted molar refractivity (Wildman–Crippen MR) is 77.1 cm³/mol. The van der Waals surface area contributed by atoms with Crippen molar-refractivity contribution in [2.45, 2.75) is 19.8 Å². The monoisotopic (exact) mass is 287 g/mol. The van der Waals surface area contributed by atoms with Gasteiger partial charge in [-0.15, -0.1) is 5.10 Å². The van der Waals surface area contributed by atoms with Crippen molar-refractivity contribution >= 4 is 17.2 Å². The third-order valence-electron chi connectivity index (χ3n) is 2.83. The molecule has 0 aliphatic rings. The molecule has 7 heteroatoms. The highest BCUT2D eigenvalue weighted by Crippen LogP contribution is 2.30. The van der Waals surface area contributed by atoms with E-state index >= 15 is 0 Å². The lowest BCUT2D eigenvalue weighted by Crippen LogP contribution is -1.90. The standard InChI is InChI=1S/C13H13N5OS/c1-7(2)10-11(20-18-16-10)13-15-12(17-19-13)8-4-3-5-9(14)6-8/h3-7H,14H2,1-2H3. The normalized spacial score (nSPS) is 11.2. The van der Waals surface area contributed by atoms with E-state index in [1.165, 1.54) is 11.5 Å². The Morgan fingerprint density at radius 3 is 2.90 bits per heavy atom. The Labute approximate surface area is 119 Å². The minimum Gasteiger partial charge on any atom is -0.399 e. The van der Waals surface area contributed by atoms with E-state index in [-0.39, 0.29) is 5.92 Å². The highest BCUT2D eigenvalue weighted by Gasteiger charge is 2.19. The highest BCUT2D eigenvalue weighted by atomic mass is 32.1. The first kappa shape index (κ1) is 12.7. The fourth-order valence-electron chi connectivity index (χ4n) is 1.83. The summed E-state index contributed by atoms with van der Waals surface area (Å²) in [6.45, 7) is 4.10. The van der Waals surface area contributed by atoms with Crippen LogP contribution in [0.1, 0.15) is 25.5 Å². The number of nitrogens with zero attached hydrogens (tertiary/aromatic N) is 4. The maximum atomic E-state index is 5.76. The summed E-state index contributed by atoms with van der Waals surface area (Å²) < 4.78 is 9.28. The number of rotatable bonds is 3. The first-order valence-electron chi connectivity index (χ1n) is 6.17. The lowest BCUT2D eigenvalue weighted by Gasteiger charge is -1.99. The summed E-state index contributed by atoms with van der Waals surface area (Å²) in [5.74, 6) is 1.21. The Kier molecular flexibility index (Phi) is 3.19. The van der Waals surface area contributed by atoms with Crippen LogP contribution < -0.4 is 5.73 Å². The molecule has 2 N–H and O–H groups in total. The molecule has 0 atom stereocenters. The third-order valence-corrected chi connectivity index (χ3v) is 3.55. The molecule has 0 radical (unpaired) electrons. The van der Waals surface area contributed by atoms with E-state index < -0.39 is 0 Å². The Balaban J connectivity index is 2.00. The summed E-state index contributed by atoms with van der Waals surface area (Å²) in [6, 6.07) is 7.37. The van der Waals surface area contributed by atoms with E-state index in [1.54, 1.807) is 0 Å². The molecule has 2 aromatic heterocycles. The van der Waals surface area contributed by atoms with E-state index in [0.717, 1.165) is 16.1 Å². The van der Waals surface area contributed by atoms with Crippen molar-refractivity contribution in [3.63, 3.8) is 0 Å². The number of nitrogen functional groups attached to an aromatic ring is 1. The van der Waals surface area contributed by atoms with Crippen LogP contribution in [0.5, 0.6) is 0 Å². The van der Waals surface area contributed by atoms with Gasteiger partial charge in [-0.3, -0.25) is 0 Å². The predicted octanol–water partition coefficient (Wildman–Crippen LogP) is 2.96. The van der Waals surface area contributed by atoms with Gasteiger partial charge in [0.1, 0.15) is 4.88 Å². The van der Waals surface area contributed by atoms with Gasteiger partial charge >= 0.3 is 0 Å². The van der Waals surface area contributed by atoms with Gasteiger partial charge in [-0.25, -0.2) is 0 Å². The number of hydrogen-bond acceptors (Lipinski definition) is 7. The third kappa shape index (κ3) is 2.27. The van der Waals surface area contributed by atoms with E-state index in [4.69, 9.17) is 10.3 Å². The van der Waals surface area contributed by atoms with Crippen LogP contribution in [0.4, 0.5) is 5.69 Å². The van der Waals surface area contributed by atoms with Gasteiger partial charge in [-0.2, -0.15) is 4.98 Å². The average molecular weight is 287 g/mol. The molecule has 0 unspecified atom stereocenters. The summed E-state index contributed by atoms with van der Waals surface area (Å²) in [5, 5.41) is 8.10. The van der Waals surface area contributed by atoms with Crippen molar-refractivity contribution < 1.29 is 4.52 Å². The largest absolute Gasteiger partial charge is 0.399 e. The number of nitrogens with two attached hydrogens (primary N) is 1. The first-order valence-corrected chi connectivity index (χ1v) is 6.94. The van der Waals surface area contributed by atoms with Gasteiger partial charge in [0, 0.05) is 11.3 Å². The Morgan fingerprint density at radius 2 is 2.15 bits per heavy atom. The molecule has 2 heterocycles. The molecule has 20 heavy (non-hydrogen) atoms. The first-order chi connectivity index (χ1) is 9.65. The maximum absolute atomic E-state index is 5.76. The van der Waals surface area contributed by atoms with E-state index in [9.17, 15) is 0 Å². The van der Waals surface area contributed by atoms with Gasteiger partial charge in [0.2, 0.25) is 5.82 Å². The van der Waals surface area contributed by atoms with Gasteiger partial charge in [0.05, 0.1) is 5.69 Å². The number of aromatic nitrogens is 4. The minimum atomic E-state index is 0.256. The quantitative estimate of drug-likeness (QED) is 0.745. The lowest BCUT2D eigenvalue weighted by atomic mass is 10.1. The molecule has 0 bridgehead atoms. The van der Waals surface area contributed by atoms with Crippen molar-refractivity contribution in [1.29, 1.82) is 0 Å². The average Bonchev–Trinajstić information content (AvgIpc) is 3.07. The second-order valence-corrected chi connectivity index (χ2v) is 5.44. The van der Waals surface area contributed by atoms with Gasteiger partial charge < -0.3 is 10.3 Å². The van der Waals surface area contributed by atoms with Crippen LogP contribution in [0.25, 0.3) is 22.2 Å². The molecule has 0 fully saturated rings. The van der Waals surface area contributed by atoms with Crippen LogP contribution in [-0.4, -0.2) is 19.7 Å². The zero-order chi connectivity index (χ0) is 14.1.